The highest BCUT2D eigenvalue weighted by atomic mass is 16.7. The molecule has 4 aromatic rings. The molecule has 0 radical (unpaired) electrons. The fraction of sp³-hybridized carbons (Fsp3) is 0.278. The minimum absolute atomic E-state index is 0.0689. The van der Waals surface area contributed by atoms with E-state index in [1.54, 1.807) is 53.7 Å². The first-order valence-electron chi connectivity index (χ1n) is 15.3. The van der Waals surface area contributed by atoms with E-state index < -0.39 is 0 Å². The number of benzene rings is 4. The molecule has 0 spiro atoms. The fourth-order valence-corrected chi connectivity index (χ4v) is 5.47. The van der Waals surface area contributed by atoms with Crippen molar-refractivity contribution in [2.75, 3.05) is 47.9 Å². The normalized spacial score (nSPS) is 16.0. The van der Waals surface area contributed by atoms with Crippen LogP contribution in [0.5, 0.6) is 40.2 Å². The highest BCUT2D eigenvalue weighted by Crippen LogP contribution is 2.41. The van der Waals surface area contributed by atoms with E-state index >= 15 is 0 Å². The second-order valence-corrected chi connectivity index (χ2v) is 11.0. The summed E-state index contributed by atoms with van der Waals surface area (Å²) in [6, 6.07) is 20.0. The summed E-state index contributed by atoms with van der Waals surface area (Å²) < 4.78 is 26.6. The van der Waals surface area contributed by atoms with Crippen molar-refractivity contribution in [2.45, 2.75) is 25.6 Å². The number of oxime groups is 1. The minimum atomic E-state index is -0.359. The molecule has 0 aliphatic carbocycles. The molecule has 13 heteroatoms. The molecule has 6 rings (SSSR count). The summed E-state index contributed by atoms with van der Waals surface area (Å²) in [5.74, 6) is 3.19. The van der Waals surface area contributed by atoms with Crippen molar-refractivity contribution in [3.8, 4) is 40.2 Å². The quantitative estimate of drug-likeness (QED) is 0.155. The largest absolute Gasteiger partial charge is 0.504 e. The number of aromatic hydroxyl groups is 1. The van der Waals surface area contributed by atoms with Crippen LogP contribution in [0.2, 0.25) is 0 Å². The number of aryl methyl sites for hydroxylation is 1. The first-order valence-corrected chi connectivity index (χ1v) is 15.3. The Labute approximate surface area is 284 Å². The summed E-state index contributed by atoms with van der Waals surface area (Å²) >= 11 is 0. The van der Waals surface area contributed by atoms with Gasteiger partial charge in [-0.1, -0.05) is 28.9 Å². The predicted octanol–water partition coefficient (Wildman–Crippen LogP) is 5.66. The SMILES string of the molecule is CNOc1cc(C2CC(c3cc(OC)c(OC)c(OC)c3)=NO2)ccc1OC.COc1cc(C2NC(=O)c3cc(C)ccc3N2)ccc1O. The van der Waals surface area contributed by atoms with Crippen LogP contribution in [0.25, 0.3) is 0 Å². The first-order chi connectivity index (χ1) is 23.7. The van der Waals surface area contributed by atoms with E-state index in [1.807, 2.05) is 55.5 Å². The van der Waals surface area contributed by atoms with Crippen molar-refractivity contribution in [3.05, 3.63) is 94.5 Å². The van der Waals surface area contributed by atoms with Crippen LogP contribution < -0.4 is 44.6 Å². The number of ether oxygens (including phenoxy) is 5. The van der Waals surface area contributed by atoms with Crippen LogP contribution >= 0.6 is 0 Å². The molecule has 49 heavy (non-hydrogen) atoms. The van der Waals surface area contributed by atoms with Gasteiger partial charge in [0, 0.05) is 24.7 Å². The third-order valence-corrected chi connectivity index (χ3v) is 7.97. The van der Waals surface area contributed by atoms with Gasteiger partial charge in [0.25, 0.3) is 5.91 Å². The second-order valence-electron chi connectivity index (χ2n) is 11.0. The molecule has 0 saturated carbocycles. The lowest BCUT2D eigenvalue weighted by molar-refractivity contribution is 0.0852. The van der Waals surface area contributed by atoms with Gasteiger partial charge < -0.3 is 49.1 Å². The number of carbonyl (C=O) groups excluding carboxylic acids is 1. The van der Waals surface area contributed by atoms with Crippen molar-refractivity contribution >= 4 is 17.3 Å². The maximum absolute atomic E-state index is 12.2. The number of nitrogens with one attached hydrogen (secondary N) is 3. The molecule has 0 bridgehead atoms. The van der Waals surface area contributed by atoms with Gasteiger partial charge in [0.15, 0.2) is 40.6 Å². The van der Waals surface area contributed by atoms with E-state index in [2.05, 4.69) is 21.3 Å². The van der Waals surface area contributed by atoms with Gasteiger partial charge in [-0.15, -0.1) is 0 Å². The van der Waals surface area contributed by atoms with Gasteiger partial charge in [0.1, 0.15) is 6.17 Å². The number of phenolic OH excluding ortho intramolecular Hbond substituents is 1. The number of phenols is 1. The highest BCUT2D eigenvalue weighted by molar-refractivity contribution is 6.03. The number of hydrogen-bond donors (Lipinski definition) is 4. The molecule has 258 valence electrons. The fourth-order valence-electron chi connectivity index (χ4n) is 5.47. The monoisotopic (exact) mass is 672 g/mol. The summed E-state index contributed by atoms with van der Waals surface area (Å²) in [5.41, 5.74) is 8.49. The van der Waals surface area contributed by atoms with Crippen LogP contribution in [-0.2, 0) is 4.84 Å². The summed E-state index contributed by atoms with van der Waals surface area (Å²) in [6.45, 7) is 1.95. The number of carbonyl (C=O) groups is 1. The zero-order chi connectivity index (χ0) is 35.1. The lowest BCUT2D eigenvalue weighted by Gasteiger charge is -2.28. The molecule has 0 fully saturated rings. The Hall–Kier alpha value is -5.82. The van der Waals surface area contributed by atoms with Gasteiger partial charge in [-0.25, -0.2) is 0 Å². The molecule has 2 atom stereocenters. The zero-order valence-electron chi connectivity index (χ0n) is 28.4. The Morgan fingerprint density at radius 1 is 0.776 bits per heavy atom. The molecular weight excluding hydrogens is 632 g/mol. The van der Waals surface area contributed by atoms with Gasteiger partial charge in [-0.3, -0.25) is 4.79 Å². The molecule has 2 unspecified atom stereocenters. The predicted molar refractivity (Wildman–Crippen MR) is 183 cm³/mol. The molecular formula is C36H40N4O9. The number of anilines is 1. The maximum Gasteiger partial charge on any atom is 0.255 e. The van der Waals surface area contributed by atoms with Gasteiger partial charge >= 0.3 is 0 Å². The summed E-state index contributed by atoms with van der Waals surface area (Å²) in [4.78, 5) is 23.3. The van der Waals surface area contributed by atoms with Crippen LogP contribution in [0.1, 0.15) is 51.3 Å². The number of methoxy groups -OCH3 is 5. The Balaban J connectivity index is 0.000000199. The molecule has 0 aromatic heterocycles. The molecule has 2 aliphatic rings. The lowest BCUT2D eigenvalue weighted by atomic mass is 9.99. The van der Waals surface area contributed by atoms with Crippen molar-refractivity contribution in [3.63, 3.8) is 0 Å². The van der Waals surface area contributed by atoms with Crippen molar-refractivity contribution in [1.82, 2.24) is 10.8 Å². The van der Waals surface area contributed by atoms with E-state index in [0.717, 1.165) is 33.7 Å². The zero-order valence-corrected chi connectivity index (χ0v) is 28.4. The summed E-state index contributed by atoms with van der Waals surface area (Å²) in [6.07, 6.45) is -0.00866. The van der Waals surface area contributed by atoms with E-state index in [9.17, 15) is 9.90 Å². The van der Waals surface area contributed by atoms with Crippen LogP contribution in [0.3, 0.4) is 0 Å². The van der Waals surface area contributed by atoms with Crippen molar-refractivity contribution in [2.24, 2.45) is 5.16 Å². The Kier molecular flexibility index (Phi) is 10.8. The third-order valence-electron chi connectivity index (χ3n) is 7.97. The topological polar surface area (TPSA) is 150 Å². The van der Waals surface area contributed by atoms with Crippen LogP contribution in [-0.4, -0.2) is 59.3 Å². The molecule has 4 aromatic carbocycles. The molecule has 2 aliphatic heterocycles. The van der Waals surface area contributed by atoms with Crippen molar-refractivity contribution in [1.29, 1.82) is 0 Å². The standard InChI is InChI=1S/C20H24N2O6.C16H16N2O3/c1-21-27-17-8-12(6-7-15(17)23-2)16-11-14(22-28-16)13-9-18(24-3)20(26-5)19(10-13)25-4;1-9-3-5-12-11(7-9)16(20)18-15(17-12)10-4-6-13(19)14(8-10)21-2/h6-10,16,21H,11H2,1-5H3;3-8,15,17,19H,1-2H3,(H,18,20). The van der Waals surface area contributed by atoms with Gasteiger partial charge in [-0.05, 0) is 66.6 Å². The number of rotatable bonds is 10. The Morgan fingerprint density at radius 3 is 2.10 bits per heavy atom. The number of nitrogens with zero attached hydrogens (tertiary/aromatic N) is 1. The summed E-state index contributed by atoms with van der Waals surface area (Å²) in [7, 11) is 9.50. The molecule has 0 saturated heterocycles. The summed E-state index contributed by atoms with van der Waals surface area (Å²) in [5, 5.41) is 20.1. The van der Waals surface area contributed by atoms with Crippen molar-refractivity contribution < 1.29 is 43.3 Å². The Bertz CT molecular complexity index is 1820. The third kappa shape index (κ3) is 7.52. The van der Waals surface area contributed by atoms with Crippen LogP contribution in [0, 0.1) is 6.92 Å². The average molecular weight is 673 g/mol. The minimum Gasteiger partial charge on any atom is -0.504 e. The number of fused-ring (bicyclic) bond motifs is 1. The smallest absolute Gasteiger partial charge is 0.255 e. The molecule has 2 heterocycles. The number of hydroxylamine groups is 1. The molecule has 13 nitrogen and oxygen atoms in total. The molecule has 1 amide bonds. The highest BCUT2D eigenvalue weighted by Gasteiger charge is 2.28. The van der Waals surface area contributed by atoms with E-state index in [4.69, 9.17) is 33.4 Å². The molecule has 4 N–H and O–H groups in total. The van der Waals surface area contributed by atoms with Gasteiger partial charge in [0.05, 0.1) is 46.8 Å². The number of amides is 1. The van der Waals surface area contributed by atoms with E-state index in [1.165, 1.54) is 7.11 Å². The van der Waals surface area contributed by atoms with E-state index in [0.29, 0.717) is 46.5 Å². The van der Waals surface area contributed by atoms with Gasteiger partial charge in [-0.2, -0.15) is 5.48 Å². The van der Waals surface area contributed by atoms with Crippen LogP contribution in [0.4, 0.5) is 5.69 Å². The number of hydrogen-bond acceptors (Lipinski definition) is 12. The van der Waals surface area contributed by atoms with Crippen LogP contribution in [0.15, 0.2) is 71.9 Å². The Morgan fingerprint density at radius 2 is 1.45 bits per heavy atom. The lowest BCUT2D eigenvalue weighted by Crippen LogP contribution is -2.38. The maximum atomic E-state index is 12.2. The second kappa shape index (κ2) is 15.4. The average Bonchev–Trinajstić information content (AvgIpc) is 3.62. The first kappa shape index (κ1) is 34.5. The van der Waals surface area contributed by atoms with Gasteiger partial charge in [0.2, 0.25) is 5.75 Å². The van der Waals surface area contributed by atoms with E-state index in [-0.39, 0.29) is 23.9 Å².